The molecule has 104 valence electrons. The third-order valence-corrected chi connectivity index (χ3v) is 3.81. The Hall–Kier alpha value is -2.41. The highest BCUT2D eigenvalue weighted by atomic mass is 15.0. The predicted octanol–water partition coefficient (Wildman–Crippen LogP) is 4.63. The first-order chi connectivity index (χ1) is 10.3. The summed E-state index contributed by atoms with van der Waals surface area (Å²) in [6.07, 6.45) is 4.37. The van der Waals surface area contributed by atoms with Crippen molar-refractivity contribution < 1.29 is 4.57 Å². The van der Waals surface area contributed by atoms with Gasteiger partial charge in [0, 0.05) is 23.6 Å². The zero-order valence-corrected chi connectivity index (χ0v) is 12.6. The first-order valence-corrected chi connectivity index (χ1v) is 7.44. The van der Waals surface area contributed by atoms with E-state index in [4.69, 9.17) is 0 Å². The first-order valence-electron chi connectivity index (χ1n) is 7.44. The molecule has 0 amide bonds. The minimum Gasteiger partial charge on any atom is -0.192 e. The molecule has 1 aromatic heterocycles. The van der Waals surface area contributed by atoms with E-state index in [1.165, 1.54) is 27.7 Å². The van der Waals surface area contributed by atoms with Gasteiger partial charge in [-0.05, 0) is 37.6 Å². The number of hydrogen-bond donors (Lipinski definition) is 0. The average Bonchev–Trinajstić information content (AvgIpc) is 2.53. The Morgan fingerprint density at radius 1 is 0.857 bits per heavy atom. The standard InChI is InChI=1S/C20H20N/c1-3-21-19(14-12-17-10-8-16(2)9-11-17)15-13-18-6-4-5-7-20(18)21/h4-15H,3H2,1-2H3/q+1/b14-12+. The second kappa shape index (κ2) is 5.92. The average molecular weight is 274 g/mol. The minimum absolute atomic E-state index is 0.967. The molecule has 0 radical (unpaired) electrons. The zero-order chi connectivity index (χ0) is 14.7. The number of rotatable bonds is 3. The largest absolute Gasteiger partial charge is 0.212 e. The van der Waals surface area contributed by atoms with Gasteiger partial charge in [0.25, 0.3) is 0 Å². The van der Waals surface area contributed by atoms with Crippen molar-refractivity contribution in [3.63, 3.8) is 0 Å². The Bertz CT molecular complexity index is 783. The Morgan fingerprint density at radius 3 is 2.38 bits per heavy atom. The van der Waals surface area contributed by atoms with Crippen LogP contribution in [-0.2, 0) is 6.54 Å². The SMILES string of the molecule is CC[n+]1c(/C=C/c2ccc(C)cc2)ccc2ccccc21. The number of fused-ring (bicyclic) bond motifs is 1. The van der Waals surface area contributed by atoms with E-state index in [0.717, 1.165) is 6.54 Å². The van der Waals surface area contributed by atoms with Gasteiger partial charge in [-0.1, -0.05) is 42.0 Å². The van der Waals surface area contributed by atoms with Crippen LogP contribution in [-0.4, -0.2) is 0 Å². The smallest absolute Gasteiger partial charge is 0.192 e. The van der Waals surface area contributed by atoms with Gasteiger partial charge in [-0.3, -0.25) is 0 Å². The number of hydrogen-bond acceptors (Lipinski definition) is 0. The Morgan fingerprint density at radius 2 is 1.62 bits per heavy atom. The molecular weight excluding hydrogens is 254 g/mol. The molecule has 0 aliphatic rings. The number of pyridine rings is 1. The normalized spacial score (nSPS) is 11.3. The number of aromatic nitrogens is 1. The molecule has 3 rings (SSSR count). The molecule has 0 unspecified atom stereocenters. The summed E-state index contributed by atoms with van der Waals surface area (Å²) < 4.78 is 2.35. The maximum absolute atomic E-state index is 2.35. The third kappa shape index (κ3) is 2.87. The lowest BCUT2D eigenvalue weighted by Crippen LogP contribution is -2.36. The summed E-state index contributed by atoms with van der Waals surface area (Å²) in [5.41, 5.74) is 5.04. The van der Waals surface area contributed by atoms with E-state index in [1.54, 1.807) is 0 Å². The number of para-hydroxylation sites is 1. The second-order valence-corrected chi connectivity index (χ2v) is 5.31. The van der Waals surface area contributed by atoms with Gasteiger partial charge in [-0.25, -0.2) is 0 Å². The van der Waals surface area contributed by atoms with Gasteiger partial charge in [-0.15, -0.1) is 0 Å². The molecule has 0 bridgehead atoms. The minimum atomic E-state index is 0.967. The van der Waals surface area contributed by atoms with Crippen molar-refractivity contribution in [1.82, 2.24) is 0 Å². The molecule has 0 saturated heterocycles. The summed E-state index contributed by atoms with van der Waals surface area (Å²) >= 11 is 0. The Labute approximate surface area is 126 Å². The molecule has 0 spiro atoms. The highest BCUT2D eigenvalue weighted by Gasteiger charge is 2.10. The maximum atomic E-state index is 2.35. The van der Waals surface area contributed by atoms with E-state index in [2.05, 4.69) is 91.2 Å². The Balaban J connectivity index is 2.02. The monoisotopic (exact) mass is 274 g/mol. The van der Waals surface area contributed by atoms with Gasteiger partial charge >= 0.3 is 0 Å². The molecule has 0 aliphatic carbocycles. The lowest BCUT2D eigenvalue weighted by Gasteiger charge is -2.02. The van der Waals surface area contributed by atoms with Crippen molar-refractivity contribution in [3.8, 4) is 0 Å². The lowest BCUT2D eigenvalue weighted by atomic mass is 10.1. The Kier molecular flexibility index (Phi) is 3.83. The van der Waals surface area contributed by atoms with Gasteiger partial charge in [0.15, 0.2) is 0 Å². The number of aryl methyl sites for hydroxylation is 2. The first kappa shape index (κ1) is 13.6. The highest BCUT2D eigenvalue weighted by molar-refractivity contribution is 5.77. The fourth-order valence-electron chi connectivity index (χ4n) is 2.64. The quantitative estimate of drug-likeness (QED) is 0.613. The summed E-state index contributed by atoms with van der Waals surface area (Å²) in [5, 5.41) is 1.28. The number of nitrogens with zero attached hydrogens (tertiary/aromatic N) is 1. The lowest BCUT2D eigenvalue weighted by molar-refractivity contribution is -0.669. The van der Waals surface area contributed by atoms with Gasteiger partial charge < -0.3 is 0 Å². The number of benzene rings is 2. The molecule has 0 aliphatic heterocycles. The van der Waals surface area contributed by atoms with Gasteiger partial charge in [0.1, 0.15) is 6.54 Å². The third-order valence-electron chi connectivity index (χ3n) is 3.81. The van der Waals surface area contributed by atoms with Crippen molar-refractivity contribution in [3.05, 3.63) is 77.5 Å². The van der Waals surface area contributed by atoms with E-state index in [1.807, 2.05) is 0 Å². The molecule has 21 heavy (non-hydrogen) atoms. The van der Waals surface area contributed by atoms with Crippen LogP contribution in [0.15, 0.2) is 60.7 Å². The summed E-state index contributed by atoms with van der Waals surface area (Å²) in [5.74, 6) is 0. The van der Waals surface area contributed by atoms with Crippen LogP contribution in [0.5, 0.6) is 0 Å². The van der Waals surface area contributed by atoms with Crippen molar-refractivity contribution >= 4 is 23.1 Å². The fraction of sp³-hybridized carbons (Fsp3) is 0.150. The van der Waals surface area contributed by atoms with E-state index in [0.29, 0.717) is 0 Å². The summed E-state index contributed by atoms with van der Waals surface area (Å²) in [7, 11) is 0. The molecular formula is C20H20N+. The van der Waals surface area contributed by atoms with E-state index in [-0.39, 0.29) is 0 Å². The maximum Gasteiger partial charge on any atom is 0.212 e. The van der Waals surface area contributed by atoms with Crippen molar-refractivity contribution in [2.24, 2.45) is 0 Å². The molecule has 1 heteroatoms. The molecule has 1 heterocycles. The topological polar surface area (TPSA) is 3.88 Å². The van der Waals surface area contributed by atoms with Crippen molar-refractivity contribution in [1.29, 1.82) is 0 Å². The predicted molar refractivity (Wildman–Crippen MR) is 89.9 cm³/mol. The molecule has 0 N–H and O–H groups in total. The summed E-state index contributed by atoms with van der Waals surface area (Å²) in [6.45, 7) is 5.27. The molecule has 0 saturated carbocycles. The molecule has 2 aromatic carbocycles. The second-order valence-electron chi connectivity index (χ2n) is 5.31. The van der Waals surface area contributed by atoms with E-state index in [9.17, 15) is 0 Å². The van der Waals surface area contributed by atoms with Gasteiger partial charge in [-0.2, -0.15) is 4.57 Å². The summed E-state index contributed by atoms with van der Waals surface area (Å²) in [6, 6.07) is 21.5. The van der Waals surface area contributed by atoms with Gasteiger partial charge in [0.05, 0.1) is 0 Å². The van der Waals surface area contributed by atoms with Gasteiger partial charge in [0.2, 0.25) is 11.2 Å². The van der Waals surface area contributed by atoms with E-state index >= 15 is 0 Å². The van der Waals surface area contributed by atoms with E-state index < -0.39 is 0 Å². The fourth-order valence-corrected chi connectivity index (χ4v) is 2.64. The van der Waals surface area contributed by atoms with Crippen molar-refractivity contribution in [2.45, 2.75) is 20.4 Å². The van der Waals surface area contributed by atoms with Crippen LogP contribution in [0.4, 0.5) is 0 Å². The zero-order valence-electron chi connectivity index (χ0n) is 12.6. The van der Waals surface area contributed by atoms with Crippen LogP contribution < -0.4 is 4.57 Å². The molecule has 1 nitrogen and oxygen atoms in total. The van der Waals surface area contributed by atoms with Crippen LogP contribution in [0.2, 0.25) is 0 Å². The molecule has 0 fully saturated rings. The van der Waals surface area contributed by atoms with Crippen LogP contribution in [0.3, 0.4) is 0 Å². The van der Waals surface area contributed by atoms with Crippen LogP contribution in [0.25, 0.3) is 23.1 Å². The van der Waals surface area contributed by atoms with Crippen LogP contribution >= 0.6 is 0 Å². The highest BCUT2D eigenvalue weighted by Crippen LogP contribution is 2.13. The van der Waals surface area contributed by atoms with Crippen LogP contribution in [0.1, 0.15) is 23.7 Å². The van der Waals surface area contributed by atoms with Crippen LogP contribution in [0, 0.1) is 6.92 Å². The summed E-state index contributed by atoms with van der Waals surface area (Å²) in [4.78, 5) is 0. The van der Waals surface area contributed by atoms with Crippen molar-refractivity contribution in [2.75, 3.05) is 0 Å². The molecule has 0 atom stereocenters. The molecule has 3 aromatic rings.